The van der Waals surface area contributed by atoms with E-state index >= 15 is 0 Å². The first-order valence-electron chi connectivity index (χ1n) is 8.69. The summed E-state index contributed by atoms with van der Waals surface area (Å²) in [7, 11) is 0. The van der Waals surface area contributed by atoms with Crippen molar-refractivity contribution in [3.8, 4) is 11.5 Å². The topological polar surface area (TPSA) is 84.1 Å². The van der Waals surface area contributed by atoms with Crippen molar-refractivity contribution in [1.82, 2.24) is 30.0 Å². The number of hydrogen-bond acceptors (Lipinski definition) is 8. The Hall–Kier alpha value is -2.87. The zero-order chi connectivity index (χ0) is 17.9. The number of nitrogens with zero attached hydrogens (tertiary/aromatic N) is 7. The monoisotopic (exact) mass is 351 g/mol. The Kier molecular flexibility index (Phi) is 4.57. The van der Waals surface area contributed by atoms with Gasteiger partial charge in [-0.1, -0.05) is 0 Å². The van der Waals surface area contributed by atoms with Crippen LogP contribution in [0.1, 0.15) is 17.3 Å². The number of aryl methyl sites for hydroxylation is 2. The minimum Gasteiger partial charge on any atom is -0.419 e. The highest BCUT2D eigenvalue weighted by molar-refractivity contribution is 5.49. The van der Waals surface area contributed by atoms with Gasteiger partial charge in [-0.15, -0.1) is 10.2 Å². The molecule has 3 aromatic rings. The van der Waals surface area contributed by atoms with Crippen molar-refractivity contribution in [1.29, 1.82) is 0 Å². The first-order valence-corrected chi connectivity index (χ1v) is 8.69. The smallest absolute Gasteiger partial charge is 0.249 e. The Morgan fingerprint density at radius 1 is 1.08 bits per heavy atom. The van der Waals surface area contributed by atoms with E-state index in [-0.39, 0.29) is 0 Å². The molecule has 0 aromatic carbocycles. The molecule has 0 radical (unpaired) electrons. The van der Waals surface area contributed by atoms with Gasteiger partial charge in [-0.2, -0.15) is 0 Å². The van der Waals surface area contributed by atoms with E-state index in [1.54, 1.807) is 12.4 Å². The Bertz CT molecular complexity index is 872. The first kappa shape index (κ1) is 16.6. The Morgan fingerprint density at radius 2 is 1.92 bits per heavy atom. The zero-order valence-electron chi connectivity index (χ0n) is 15.0. The molecule has 0 aliphatic carbocycles. The standard InChI is InChI=1S/C18H21N7O/c1-13-10-20-14(2)17(21-13)25-8-6-24(7-9-25)12-16-22-23-18(26-16)15-4-3-5-19-11-15/h3-5,10-11H,6-9,12H2,1-2H3. The predicted octanol–water partition coefficient (Wildman–Crippen LogP) is 1.86. The maximum absolute atomic E-state index is 5.78. The summed E-state index contributed by atoms with van der Waals surface area (Å²) in [4.78, 5) is 17.7. The third-order valence-corrected chi connectivity index (χ3v) is 4.46. The molecule has 1 aliphatic heterocycles. The van der Waals surface area contributed by atoms with Crippen LogP contribution >= 0.6 is 0 Å². The van der Waals surface area contributed by atoms with Crippen molar-refractivity contribution >= 4 is 5.82 Å². The minimum absolute atomic E-state index is 0.511. The SMILES string of the molecule is Cc1cnc(C)c(N2CCN(Cc3nnc(-c4cccnc4)o3)CC2)n1. The molecule has 0 N–H and O–H groups in total. The molecule has 26 heavy (non-hydrogen) atoms. The van der Waals surface area contributed by atoms with Gasteiger partial charge in [0.15, 0.2) is 0 Å². The minimum atomic E-state index is 0.511. The lowest BCUT2D eigenvalue weighted by molar-refractivity contribution is 0.226. The molecule has 1 saturated heterocycles. The molecule has 8 heteroatoms. The predicted molar refractivity (Wildman–Crippen MR) is 96.5 cm³/mol. The summed E-state index contributed by atoms with van der Waals surface area (Å²) < 4.78 is 5.78. The van der Waals surface area contributed by atoms with Crippen LogP contribution in [0.2, 0.25) is 0 Å². The zero-order valence-corrected chi connectivity index (χ0v) is 15.0. The number of aromatic nitrogens is 5. The fourth-order valence-electron chi connectivity index (χ4n) is 3.06. The Balaban J connectivity index is 1.37. The van der Waals surface area contributed by atoms with Crippen molar-refractivity contribution in [2.75, 3.05) is 31.1 Å². The van der Waals surface area contributed by atoms with Gasteiger partial charge in [-0.25, -0.2) is 4.98 Å². The first-order chi connectivity index (χ1) is 12.7. The van der Waals surface area contributed by atoms with E-state index in [2.05, 4.69) is 34.9 Å². The Labute approximate surface area is 151 Å². The molecular formula is C18H21N7O. The molecule has 0 saturated carbocycles. The normalized spacial score (nSPS) is 15.4. The lowest BCUT2D eigenvalue weighted by Crippen LogP contribution is -2.46. The molecule has 0 atom stereocenters. The molecule has 8 nitrogen and oxygen atoms in total. The van der Waals surface area contributed by atoms with Crippen LogP contribution in [0.25, 0.3) is 11.5 Å². The van der Waals surface area contributed by atoms with Gasteiger partial charge < -0.3 is 9.32 Å². The third-order valence-electron chi connectivity index (χ3n) is 4.46. The second kappa shape index (κ2) is 7.17. The summed E-state index contributed by atoms with van der Waals surface area (Å²) >= 11 is 0. The van der Waals surface area contributed by atoms with Crippen molar-refractivity contribution in [2.24, 2.45) is 0 Å². The van der Waals surface area contributed by atoms with Gasteiger partial charge in [0.05, 0.1) is 23.5 Å². The average molecular weight is 351 g/mol. The summed E-state index contributed by atoms with van der Waals surface area (Å²) in [6.45, 7) is 8.28. The van der Waals surface area contributed by atoms with Gasteiger partial charge in [0.1, 0.15) is 5.82 Å². The van der Waals surface area contributed by atoms with Gasteiger partial charge in [0.25, 0.3) is 0 Å². The molecule has 0 spiro atoms. The molecule has 0 unspecified atom stereocenters. The number of anilines is 1. The Morgan fingerprint density at radius 3 is 2.69 bits per heavy atom. The van der Waals surface area contributed by atoms with Crippen molar-refractivity contribution in [2.45, 2.75) is 20.4 Å². The summed E-state index contributed by atoms with van der Waals surface area (Å²) in [5, 5.41) is 8.29. The van der Waals surface area contributed by atoms with Crippen LogP contribution in [0.4, 0.5) is 5.82 Å². The summed E-state index contributed by atoms with van der Waals surface area (Å²) in [5.74, 6) is 2.13. The molecule has 4 rings (SSSR count). The largest absolute Gasteiger partial charge is 0.419 e. The fraction of sp³-hybridized carbons (Fsp3) is 0.389. The third kappa shape index (κ3) is 3.55. The van der Waals surface area contributed by atoms with Crippen molar-refractivity contribution in [3.63, 3.8) is 0 Å². The van der Waals surface area contributed by atoms with Crippen molar-refractivity contribution < 1.29 is 4.42 Å². The van der Waals surface area contributed by atoms with Crippen LogP contribution in [-0.4, -0.2) is 56.2 Å². The quantitative estimate of drug-likeness (QED) is 0.704. The highest BCUT2D eigenvalue weighted by atomic mass is 16.4. The van der Waals surface area contributed by atoms with Crippen LogP contribution in [0.3, 0.4) is 0 Å². The van der Waals surface area contributed by atoms with Gasteiger partial charge in [0, 0.05) is 44.8 Å². The number of hydrogen-bond donors (Lipinski definition) is 0. The second-order valence-corrected chi connectivity index (χ2v) is 6.43. The van der Waals surface area contributed by atoms with Crippen molar-refractivity contribution in [3.05, 3.63) is 48.0 Å². The number of pyridine rings is 1. The summed E-state index contributed by atoms with van der Waals surface area (Å²) in [6.07, 6.45) is 5.26. The molecular weight excluding hydrogens is 330 g/mol. The number of rotatable bonds is 4. The van der Waals surface area contributed by atoms with E-state index in [0.717, 1.165) is 48.9 Å². The average Bonchev–Trinajstić information content (AvgIpc) is 3.14. The van der Waals surface area contributed by atoms with E-state index in [4.69, 9.17) is 4.42 Å². The van der Waals surface area contributed by atoms with E-state index in [0.29, 0.717) is 18.3 Å². The van der Waals surface area contributed by atoms with E-state index in [1.807, 2.05) is 32.2 Å². The fourth-order valence-corrected chi connectivity index (χ4v) is 3.06. The van der Waals surface area contributed by atoms with Crippen LogP contribution < -0.4 is 4.90 Å². The van der Waals surface area contributed by atoms with Crippen LogP contribution in [0.15, 0.2) is 35.1 Å². The molecule has 1 fully saturated rings. The molecule has 0 amide bonds. The van der Waals surface area contributed by atoms with Gasteiger partial charge in [-0.3, -0.25) is 14.9 Å². The van der Waals surface area contributed by atoms with Crippen LogP contribution in [0.5, 0.6) is 0 Å². The summed E-state index contributed by atoms with van der Waals surface area (Å²) in [5.41, 5.74) is 2.76. The van der Waals surface area contributed by atoms with Crippen LogP contribution in [0, 0.1) is 13.8 Å². The molecule has 134 valence electrons. The van der Waals surface area contributed by atoms with E-state index in [9.17, 15) is 0 Å². The highest BCUT2D eigenvalue weighted by Gasteiger charge is 2.21. The molecule has 3 aromatic heterocycles. The number of piperazine rings is 1. The maximum atomic E-state index is 5.78. The lowest BCUT2D eigenvalue weighted by atomic mass is 10.3. The molecule has 0 bridgehead atoms. The molecule has 4 heterocycles. The summed E-state index contributed by atoms with van der Waals surface area (Å²) in [6, 6.07) is 3.77. The van der Waals surface area contributed by atoms with Gasteiger partial charge >= 0.3 is 0 Å². The maximum Gasteiger partial charge on any atom is 0.249 e. The van der Waals surface area contributed by atoms with E-state index in [1.165, 1.54) is 0 Å². The lowest BCUT2D eigenvalue weighted by Gasteiger charge is -2.35. The molecule has 1 aliphatic rings. The van der Waals surface area contributed by atoms with Crippen LogP contribution in [-0.2, 0) is 6.54 Å². The van der Waals surface area contributed by atoms with Gasteiger partial charge in [0.2, 0.25) is 11.8 Å². The van der Waals surface area contributed by atoms with E-state index < -0.39 is 0 Å². The van der Waals surface area contributed by atoms with Gasteiger partial charge in [-0.05, 0) is 26.0 Å². The highest BCUT2D eigenvalue weighted by Crippen LogP contribution is 2.20. The second-order valence-electron chi connectivity index (χ2n) is 6.43.